The molecular weight excluding hydrogens is 382 g/mol. The highest BCUT2D eigenvalue weighted by atomic mass is 35.5. The third-order valence-corrected chi connectivity index (χ3v) is 6.44. The van der Waals surface area contributed by atoms with Gasteiger partial charge in [0, 0.05) is 23.3 Å². The van der Waals surface area contributed by atoms with Crippen molar-refractivity contribution in [1.29, 1.82) is 0 Å². The van der Waals surface area contributed by atoms with Crippen molar-refractivity contribution in [3.63, 3.8) is 0 Å². The quantitative estimate of drug-likeness (QED) is 0.584. The number of amides is 1. The van der Waals surface area contributed by atoms with Gasteiger partial charge in [0.15, 0.2) is 0 Å². The van der Waals surface area contributed by atoms with E-state index in [-0.39, 0.29) is 11.4 Å². The van der Waals surface area contributed by atoms with Crippen LogP contribution >= 0.6 is 11.6 Å². The Morgan fingerprint density at radius 3 is 2.59 bits per heavy atom. The van der Waals surface area contributed by atoms with Crippen molar-refractivity contribution in [1.82, 2.24) is 0 Å². The summed E-state index contributed by atoms with van der Waals surface area (Å²) in [6.45, 7) is 8.62. The van der Waals surface area contributed by atoms with Crippen LogP contribution in [0.4, 0.5) is 11.4 Å². The fraction of sp³-hybridized carbons (Fsp3) is 0.333. The van der Waals surface area contributed by atoms with E-state index in [0.29, 0.717) is 22.2 Å². The highest BCUT2D eigenvalue weighted by Crippen LogP contribution is 2.44. The van der Waals surface area contributed by atoms with Crippen LogP contribution < -0.4 is 9.91 Å². The molecule has 150 valence electrons. The zero-order chi connectivity index (χ0) is 20.9. The Labute approximate surface area is 177 Å². The fourth-order valence-corrected chi connectivity index (χ4v) is 4.51. The van der Waals surface area contributed by atoms with E-state index in [9.17, 15) is 4.79 Å². The lowest BCUT2D eigenvalue weighted by Crippen LogP contribution is -2.45. The third kappa shape index (κ3) is 3.36. The van der Waals surface area contributed by atoms with E-state index in [2.05, 4.69) is 43.9 Å². The van der Waals surface area contributed by atoms with E-state index in [1.165, 1.54) is 10.6 Å². The monoisotopic (exact) mass is 407 g/mol. The first-order valence-corrected chi connectivity index (χ1v) is 10.3. The highest BCUT2D eigenvalue weighted by molar-refractivity contribution is 6.35. The van der Waals surface area contributed by atoms with Crippen molar-refractivity contribution in [2.45, 2.75) is 45.6 Å². The van der Waals surface area contributed by atoms with Crippen molar-refractivity contribution < 1.29 is 4.79 Å². The summed E-state index contributed by atoms with van der Waals surface area (Å²) >= 11 is 6.66. The van der Waals surface area contributed by atoms with Crippen LogP contribution in [-0.2, 0) is 4.79 Å². The van der Waals surface area contributed by atoms with Gasteiger partial charge in [0.25, 0.3) is 5.91 Å². The van der Waals surface area contributed by atoms with E-state index < -0.39 is 0 Å². The molecule has 2 aliphatic heterocycles. The second-order valence-electron chi connectivity index (χ2n) is 8.61. The number of hydrogen-bond acceptors (Lipinski definition) is 3. The molecule has 2 aliphatic rings. The standard InChI is InChI=1S/C24H26ClN3O/c1-15-14-24(3,4)27(5)22-13-21(25)17(11-19(15)22)12-20-16(2)26-28(23(20)29)18-9-7-6-8-10-18/h6-13,15H,14H2,1-5H3/b20-12-. The molecule has 4 rings (SSSR count). The van der Waals surface area contributed by atoms with Crippen LogP contribution in [0.1, 0.15) is 51.2 Å². The Morgan fingerprint density at radius 2 is 1.90 bits per heavy atom. The minimum absolute atomic E-state index is 0.0799. The molecule has 5 heteroatoms. The lowest BCUT2D eigenvalue weighted by molar-refractivity contribution is -0.114. The zero-order valence-corrected chi connectivity index (χ0v) is 18.3. The maximum atomic E-state index is 13.0. The Bertz CT molecular complexity index is 1040. The van der Waals surface area contributed by atoms with Crippen LogP contribution in [0, 0.1) is 0 Å². The number of rotatable bonds is 2. The molecule has 1 amide bonds. The molecule has 1 atom stereocenters. The number of para-hydroxylation sites is 1. The van der Waals surface area contributed by atoms with E-state index in [0.717, 1.165) is 23.4 Å². The summed E-state index contributed by atoms with van der Waals surface area (Å²) in [5.74, 6) is 0.286. The maximum absolute atomic E-state index is 13.0. The highest BCUT2D eigenvalue weighted by Gasteiger charge is 2.35. The van der Waals surface area contributed by atoms with Gasteiger partial charge in [-0.1, -0.05) is 36.7 Å². The molecule has 0 aliphatic carbocycles. The van der Waals surface area contributed by atoms with Crippen molar-refractivity contribution in [3.8, 4) is 0 Å². The van der Waals surface area contributed by atoms with Crippen LogP contribution in [0.5, 0.6) is 0 Å². The zero-order valence-electron chi connectivity index (χ0n) is 17.5. The number of nitrogens with zero attached hydrogens (tertiary/aromatic N) is 3. The SMILES string of the molecule is CC1=NN(c2ccccc2)C(=O)/C1=C\c1cc2c(cc1Cl)N(C)C(C)(C)CC2C. The molecule has 29 heavy (non-hydrogen) atoms. The number of hydrazone groups is 1. The number of anilines is 2. The molecule has 0 bridgehead atoms. The second kappa shape index (κ2) is 7.03. The fourth-order valence-electron chi connectivity index (χ4n) is 4.30. The predicted molar refractivity (Wildman–Crippen MR) is 122 cm³/mol. The molecule has 0 fully saturated rings. The molecule has 0 radical (unpaired) electrons. The molecule has 0 aromatic heterocycles. The molecule has 2 aromatic rings. The first-order valence-electron chi connectivity index (χ1n) is 9.93. The van der Waals surface area contributed by atoms with Gasteiger partial charge in [0.2, 0.25) is 0 Å². The number of fused-ring (bicyclic) bond motifs is 1. The van der Waals surface area contributed by atoms with Gasteiger partial charge >= 0.3 is 0 Å². The van der Waals surface area contributed by atoms with Gasteiger partial charge in [-0.05, 0) is 74.6 Å². The van der Waals surface area contributed by atoms with Gasteiger partial charge in [-0.15, -0.1) is 0 Å². The smallest absolute Gasteiger partial charge is 0.280 e. The van der Waals surface area contributed by atoms with Crippen molar-refractivity contribution in [2.75, 3.05) is 17.0 Å². The number of halogens is 1. The normalized spacial score (nSPS) is 22.1. The Kier molecular flexibility index (Phi) is 4.78. The molecular formula is C24H26ClN3O. The average Bonchev–Trinajstić information content (AvgIpc) is 2.96. The summed E-state index contributed by atoms with van der Waals surface area (Å²) < 4.78 is 0. The second-order valence-corrected chi connectivity index (χ2v) is 9.01. The molecule has 0 saturated carbocycles. The van der Waals surface area contributed by atoms with Crippen LogP contribution in [-0.4, -0.2) is 24.2 Å². The first kappa shape index (κ1) is 19.7. The minimum Gasteiger partial charge on any atom is -0.369 e. The molecule has 4 nitrogen and oxygen atoms in total. The molecule has 1 unspecified atom stereocenters. The molecule has 0 N–H and O–H groups in total. The summed E-state index contributed by atoms with van der Waals surface area (Å²) in [6.07, 6.45) is 2.94. The number of carbonyl (C=O) groups excluding carboxylic acids is 1. The Hall–Kier alpha value is -2.59. The Morgan fingerprint density at radius 1 is 1.21 bits per heavy atom. The summed E-state index contributed by atoms with van der Waals surface area (Å²) in [6, 6.07) is 13.6. The minimum atomic E-state index is -0.131. The van der Waals surface area contributed by atoms with Gasteiger partial charge in [-0.3, -0.25) is 4.79 Å². The van der Waals surface area contributed by atoms with Crippen molar-refractivity contribution in [2.24, 2.45) is 5.10 Å². The third-order valence-electron chi connectivity index (χ3n) is 6.12. The topological polar surface area (TPSA) is 35.9 Å². The average molecular weight is 408 g/mol. The molecule has 2 aromatic carbocycles. The van der Waals surface area contributed by atoms with Crippen molar-refractivity contribution >= 4 is 40.7 Å². The number of benzene rings is 2. The van der Waals surface area contributed by atoms with Gasteiger partial charge in [-0.25, -0.2) is 0 Å². The maximum Gasteiger partial charge on any atom is 0.280 e. The van der Waals surface area contributed by atoms with Crippen LogP contribution in [0.25, 0.3) is 6.08 Å². The summed E-state index contributed by atoms with van der Waals surface area (Å²) in [4.78, 5) is 15.3. The van der Waals surface area contributed by atoms with Crippen LogP contribution in [0.3, 0.4) is 0 Å². The van der Waals surface area contributed by atoms with E-state index >= 15 is 0 Å². The number of hydrogen-bond donors (Lipinski definition) is 0. The molecule has 0 spiro atoms. The van der Waals surface area contributed by atoms with Crippen LogP contribution in [0.2, 0.25) is 5.02 Å². The van der Waals surface area contributed by atoms with Gasteiger partial charge < -0.3 is 4.90 Å². The molecule has 2 heterocycles. The largest absolute Gasteiger partial charge is 0.369 e. The lowest BCUT2D eigenvalue weighted by atomic mass is 9.80. The van der Waals surface area contributed by atoms with E-state index in [1.54, 1.807) is 0 Å². The Balaban J connectivity index is 1.74. The summed E-state index contributed by atoms with van der Waals surface area (Å²) in [5, 5.41) is 6.56. The van der Waals surface area contributed by atoms with Crippen LogP contribution in [0.15, 0.2) is 53.1 Å². The van der Waals surface area contributed by atoms with Gasteiger partial charge in [-0.2, -0.15) is 10.1 Å². The van der Waals surface area contributed by atoms with Crippen molar-refractivity contribution in [3.05, 3.63) is 64.2 Å². The summed E-state index contributed by atoms with van der Waals surface area (Å²) in [7, 11) is 2.12. The molecule has 0 saturated heterocycles. The summed E-state index contributed by atoms with van der Waals surface area (Å²) in [5.41, 5.74) is 5.40. The lowest BCUT2D eigenvalue weighted by Gasteiger charge is -2.45. The number of carbonyl (C=O) groups is 1. The van der Waals surface area contributed by atoms with E-state index in [1.807, 2.05) is 49.4 Å². The van der Waals surface area contributed by atoms with E-state index in [4.69, 9.17) is 11.6 Å². The predicted octanol–water partition coefficient (Wildman–Crippen LogP) is 5.87. The van der Waals surface area contributed by atoms with Gasteiger partial charge in [0.05, 0.1) is 17.0 Å². The van der Waals surface area contributed by atoms with Gasteiger partial charge in [0.1, 0.15) is 0 Å². The first-order chi connectivity index (χ1) is 13.7.